The molecule has 0 N–H and O–H groups in total. The lowest BCUT2D eigenvalue weighted by Gasteiger charge is -2.05. The van der Waals surface area contributed by atoms with Crippen LogP contribution >= 0.6 is 63.0 Å². The van der Waals surface area contributed by atoms with Gasteiger partial charge in [-0.3, -0.25) is 0 Å². The van der Waals surface area contributed by atoms with Crippen LogP contribution in [0.5, 0.6) is 0 Å². The summed E-state index contributed by atoms with van der Waals surface area (Å²) in [5.74, 6) is 0. The Morgan fingerprint density at radius 2 is 1.74 bits per heavy atom. The normalized spacial score (nSPS) is 18.5. The van der Waals surface area contributed by atoms with Crippen LogP contribution < -0.4 is 0 Å². The molecule has 0 aromatic carbocycles. The summed E-state index contributed by atoms with van der Waals surface area (Å²) in [5.41, 5.74) is 0. The van der Waals surface area contributed by atoms with Crippen LogP contribution in [0.1, 0.15) is 25.7 Å². The summed E-state index contributed by atoms with van der Waals surface area (Å²) < 4.78 is 8.57. The molecule has 0 aliphatic carbocycles. The molecule has 0 bridgehead atoms. The first-order valence-electron chi connectivity index (χ1n) is 6.30. The van der Waals surface area contributed by atoms with Crippen LogP contribution in [-0.4, -0.2) is 18.5 Å². The van der Waals surface area contributed by atoms with Gasteiger partial charge in [0, 0.05) is 16.8 Å². The van der Waals surface area contributed by atoms with Crippen molar-refractivity contribution >= 4 is 63.0 Å². The smallest absolute Gasteiger partial charge is 0.0784 e. The Kier molecular flexibility index (Phi) is 8.56. The minimum Gasteiger partial charge on any atom is -0.376 e. The molecule has 0 aromatic rings. The zero-order valence-corrected chi connectivity index (χ0v) is 15.5. The Hall–Kier alpha value is 1.06. The van der Waals surface area contributed by atoms with E-state index in [9.17, 15) is 0 Å². The molecule has 0 unspecified atom stereocenters. The first kappa shape index (κ1) is 16.4. The van der Waals surface area contributed by atoms with Gasteiger partial charge in [0.15, 0.2) is 0 Å². The van der Waals surface area contributed by atoms with Crippen molar-refractivity contribution in [3.8, 4) is 0 Å². The zero-order chi connectivity index (χ0) is 13.3. The third-order valence-electron chi connectivity index (χ3n) is 2.51. The summed E-state index contributed by atoms with van der Waals surface area (Å²) in [7, 11) is 0. The van der Waals surface area contributed by atoms with Gasteiger partial charge in [-0.05, 0) is 29.1 Å². The molecule has 0 spiro atoms. The summed E-state index contributed by atoms with van der Waals surface area (Å²) in [6.45, 7) is 1.66. The van der Waals surface area contributed by atoms with E-state index in [4.69, 9.17) is 4.74 Å². The molecular weight excluding hydrogens is 380 g/mol. The van der Waals surface area contributed by atoms with Crippen molar-refractivity contribution in [1.29, 1.82) is 0 Å². The molecule has 19 heavy (non-hydrogen) atoms. The Morgan fingerprint density at radius 1 is 0.947 bits per heavy atom. The fraction of sp³-hybridized carbons (Fsp3) is 0.538. The van der Waals surface area contributed by atoms with Crippen LogP contribution in [0, 0.1) is 0 Å². The molecule has 2 rings (SSSR count). The van der Waals surface area contributed by atoms with E-state index >= 15 is 0 Å². The molecule has 0 saturated heterocycles. The molecular formula is C13H17BrOS4. The minimum absolute atomic E-state index is 0.773. The van der Waals surface area contributed by atoms with E-state index in [0.29, 0.717) is 0 Å². The molecule has 2 heterocycles. The van der Waals surface area contributed by atoms with Crippen molar-refractivity contribution in [2.75, 3.05) is 18.5 Å². The van der Waals surface area contributed by atoms with E-state index in [1.54, 1.807) is 0 Å². The number of hydrogen-bond acceptors (Lipinski definition) is 5. The van der Waals surface area contributed by atoms with Crippen molar-refractivity contribution in [2.45, 2.75) is 25.7 Å². The molecule has 106 valence electrons. The van der Waals surface area contributed by atoms with Gasteiger partial charge in [0.25, 0.3) is 0 Å². The molecule has 6 heteroatoms. The van der Waals surface area contributed by atoms with Crippen LogP contribution in [0.25, 0.3) is 0 Å². The fourth-order valence-corrected chi connectivity index (χ4v) is 6.38. The molecule has 2 aliphatic rings. The number of halogens is 1. The average molecular weight is 397 g/mol. The molecule has 0 saturated carbocycles. The first-order valence-corrected chi connectivity index (χ1v) is 10.9. The SMILES string of the molecule is BrCCCCCCOCC1=CSC(=C2SC=CS2)S1. The second-order valence-corrected chi connectivity index (χ2v) is 9.20. The largest absolute Gasteiger partial charge is 0.376 e. The number of ether oxygens (including phenoxy) is 1. The van der Waals surface area contributed by atoms with Gasteiger partial charge in [-0.25, -0.2) is 0 Å². The Morgan fingerprint density at radius 3 is 2.53 bits per heavy atom. The lowest BCUT2D eigenvalue weighted by Crippen LogP contribution is -1.97. The Labute approximate surface area is 141 Å². The second kappa shape index (κ2) is 9.90. The number of hydrogen-bond donors (Lipinski definition) is 0. The molecule has 2 aliphatic heterocycles. The van der Waals surface area contributed by atoms with E-state index in [0.717, 1.165) is 18.5 Å². The summed E-state index contributed by atoms with van der Waals surface area (Å²) in [6.07, 6.45) is 5.04. The van der Waals surface area contributed by atoms with Gasteiger partial charge in [0.1, 0.15) is 0 Å². The Bertz CT molecular complexity index is 369. The standard InChI is InChI=1S/C13H17BrOS4/c14-5-3-1-2-4-6-15-9-11-10-18-13(19-11)12-16-7-8-17-12/h7-8,10H,1-6,9H2. The highest BCUT2D eigenvalue weighted by Gasteiger charge is 2.18. The van der Waals surface area contributed by atoms with Crippen molar-refractivity contribution < 1.29 is 4.74 Å². The van der Waals surface area contributed by atoms with Crippen molar-refractivity contribution in [3.05, 3.63) is 29.6 Å². The quantitative estimate of drug-likeness (QED) is 0.347. The van der Waals surface area contributed by atoms with Gasteiger partial charge >= 0.3 is 0 Å². The maximum atomic E-state index is 5.74. The van der Waals surface area contributed by atoms with E-state index < -0.39 is 0 Å². The van der Waals surface area contributed by atoms with E-state index in [-0.39, 0.29) is 0 Å². The molecule has 0 atom stereocenters. The summed E-state index contributed by atoms with van der Waals surface area (Å²) in [4.78, 5) is 1.35. The topological polar surface area (TPSA) is 9.23 Å². The zero-order valence-electron chi connectivity index (χ0n) is 10.6. The maximum absolute atomic E-state index is 5.74. The summed E-state index contributed by atoms with van der Waals surface area (Å²) in [5, 5.41) is 7.65. The molecule has 0 radical (unpaired) electrons. The van der Waals surface area contributed by atoms with Gasteiger partial charge < -0.3 is 4.74 Å². The molecule has 0 fully saturated rings. The van der Waals surface area contributed by atoms with Gasteiger partial charge in [0.2, 0.25) is 0 Å². The predicted octanol–water partition coefficient (Wildman–Crippen LogP) is 6.36. The number of unbranched alkanes of at least 4 members (excludes halogenated alkanes) is 3. The average Bonchev–Trinajstić information content (AvgIpc) is 3.08. The van der Waals surface area contributed by atoms with Gasteiger partial charge in [-0.2, -0.15) is 0 Å². The lowest BCUT2D eigenvalue weighted by molar-refractivity contribution is 0.155. The number of rotatable bonds is 8. The second-order valence-electron chi connectivity index (χ2n) is 4.04. The third-order valence-corrected chi connectivity index (χ3v) is 8.11. The van der Waals surface area contributed by atoms with Gasteiger partial charge in [-0.15, -0.1) is 0 Å². The highest BCUT2D eigenvalue weighted by atomic mass is 79.9. The predicted molar refractivity (Wildman–Crippen MR) is 97.7 cm³/mol. The van der Waals surface area contributed by atoms with E-state index in [2.05, 4.69) is 32.2 Å². The van der Waals surface area contributed by atoms with Crippen LogP contribution in [0.15, 0.2) is 29.6 Å². The third kappa shape index (κ3) is 6.14. The number of thioether (sulfide) groups is 4. The van der Waals surface area contributed by atoms with Gasteiger partial charge in [0.05, 0.1) is 15.1 Å². The van der Waals surface area contributed by atoms with Crippen molar-refractivity contribution in [3.63, 3.8) is 0 Å². The van der Waals surface area contributed by atoms with Crippen molar-refractivity contribution in [2.24, 2.45) is 0 Å². The van der Waals surface area contributed by atoms with E-state index in [1.165, 1.54) is 39.1 Å². The first-order chi connectivity index (χ1) is 9.40. The van der Waals surface area contributed by atoms with Crippen molar-refractivity contribution in [1.82, 2.24) is 0 Å². The Balaban J connectivity index is 1.54. The van der Waals surface area contributed by atoms with Crippen LogP contribution in [0.2, 0.25) is 0 Å². The fourth-order valence-electron chi connectivity index (χ4n) is 1.57. The van der Waals surface area contributed by atoms with Gasteiger partial charge in [-0.1, -0.05) is 75.8 Å². The minimum atomic E-state index is 0.773. The molecule has 0 amide bonds. The monoisotopic (exact) mass is 396 g/mol. The highest BCUT2D eigenvalue weighted by Crippen LogP contribution is 2.53. The lowest BCUT2D eigenvalue weighted by atomic mass is 10.2. The molecule has 1 nitrogen and oxygen atoms in total. The van der Waals surface area contributed by atoms with Crippen LogP contribution in [0.4, 0.5) is 0 Å². The maximum Gasteiger partial charge on any atom is 0.0784 e. The molecule has 0 aromatic heterocycles. The van der Waals surface area contributed by atoms with E-state index in [1.807, 2.05) is 47.0 Å². The van der Waals surface area contributed by atoms with Crippen LogP contribution in [-0.2, 0) is 4.74 Å². The number of alkyl halides is 1. The summed E-state index contributed by atoms with van der Waals surface area (Å²) >= 11 is 10.8. The highest BCUT2D eigenvalue weighted by molar-refractivity contribution is 9.09. The van der Waals surface area contributed by atoms with Crippen LogP contribution in [0.3, 0.4) is 0 Å². The summed E-state index contributed by atoms with van der Waals surface area (Å²) in [6, 6.07) is 0.